The molecule has 24 heavy (non-hydrogen) atoms. The summed E-state index contributed by atoms with van der Waals surface area (Å²) >= 11 is 7.48. The van der Waals surface area contributed by atoms with Crippen LogP contribution in [0.15, 0.2) is 29.6 Å². The van der Waals surface area contributed by atoms with Crippen LogP contribution in [0.3, 0.4) is 0 Å². The number of halogens is 1. The number of anilines is 1. The SMILES string of the molecule is CC(C)(C)C(=O)NCCC(=O)Nc1nc(-c2ccccc2Cl)cs1. The van der Waals surface area contributed by atoms with Gasteiger partial charge in [0.25, 0.3) is 0 Å². The van der Waals surface area contributed by atoms with Gasteiger partial charge in [-0.25, -0.2) is 4.98 Å². The molecule has 0 aliphatic carbocycles. The van der Waals surface area contributed by atoms with E-state index in [1.165, 1.54) is 11.3 Å². The van der Waals surface area contributed by atoms with Gasteiger partial charge in [0, 0.05) is 34.3 Å². The molecular formula is C17H20ClN3O2S. The molecule has 1 aromatic heterocycles. The quantitative estimate of drug-likeness (QED) is 0.842. The van der Waals surface area contributed by atoms with Crippen molar-refractivity contribution < 1.29 is 9.59 Å². The Morgan fingerprint density at radius 2 is 1.96 bits per heavy atom. The van der Waals surface area contributed by atoms with Gasteiger partial charge in [-0.15, -0.1) is 11.3 Å². The molecule has 0 spiro atoms. The monoisotopic (exact) mass is 365 g/mol. The number of hydrogen-bond acceptors (Lipinski definition) is 4. The molecule has 1 aromatic carbocycles. The number of thiazole rings is 1. The summed E-state index contributed by atoms with van der Waals surface area (Å²) < 4.78 is 0. The zero-order valence-electron chi connectivity index (χ0n) is 13.9. The Labute approximate surface area is 150 Å². The highest BCUT2D eigenvalue weighted by Gasteiger charge is 2.20. The standard InChI is InChI=1S/C17H20ClN3O2S/c1-17(2,3)15(23)19-9-8-14(22)21-16-20-13(10-24-16)11-6-4-5-7-12(11)18/h4-7,10H,8-9H2,1-3H3,(H,19,23)(H,20,21,22). The molecule has 0 saturated heterocycles. The number of nitrogens with one attached hydrogen (secondary N) is 2. The number of hydrogen-bond donors (Lipinski definition) is 2. The number of carbonyl (C=O) groups excluding carboxylic acids is 2. The first kappa shape index (κ1) is 18.4. The van der Waals surface area contributed by atoms with E-state index < -0.39 is 5.41 Å². The van der Waals surface area contributed by atoms with E-state index in [4.69, 9.17) is 11.6 Å². The maximum Gasteiger partial charge on any atom is 0.227 e. The first-order valence-electron chi connectivity index (χ1n) is 7.56. The lowest BCUT2D eigenvalue weighted by molar-refractivity contribution is -0.128. The van der Waals surface area contributed by atoms with Gasteiger partial charge in [-0.3, -0.25) is 9.59 Å². The third-order valence-electron chi connectivity index (χ3n) is 3.22. The fraction of sp³-hybridized carbons (Fsp3) is 0.353. The van der Waals surface area contributed by atoms with Gasteiger partial charge in [0.1, 0.15) is 0 Å². The molecule has 2 amide bonds. The molecule has 0 aliphatic heterocycles. The van der Waals surface area contributed by atoms with E-state index in [9.17, 15) is 9.59 Å². The Kier molecular flexibility index (Phi) is 5.96. The normalized spacial score (nSPS) is 11.2. The van der Waals surface area contributed by atoms with Crippen LogP contribution in [-0.2, 0) is 9.59 Å². The summed E-state index contributed by atoms with van der Waals surface area (Å²) in [6.45, 7) is 5.78. The van der Waals surface area contributed by atoms with Crippen LogP contribution < -0.4 is 10.6 Å². The van der Waals surface area contributed by atoms with Crippen molar-refractivity contribution in [2.75, 3.05) is 11.9 Å². The molecule has 7 heteroatoms. The van der Waals surface area contributed by atoms with Crippen molar-refractivity contribution in [3.8, 4) is 11.3 Å². The van der Waals surface area contributed by atoms with E-state index >= 15 is 0 Å². The predicted octanol–water partition coefficient (Wildman–Crippen LogP) is 3.95. The highest BCUT2D eigenvalue weighted by molar-refractivity contribution is 7.14. The maximum absolute atomic E-state index is 11.9. The van der Waals surface area contributed by atoms with E-state index in [2.05, 4.69) is 15.6 Å². The molecule has 2 N–H and O–H groups in total. The van der Waals surface area contributed by atoms with Gasteiger partial charge in [-0.2, -0.15) is 0 Å². The summed E-state index contributed by atoms with van der Waals surface area (Å²) in [5.41, 5.74) is 1.09. The van der Waals surface area contributed by atoms with Crippen molar-refractivity contribution in [2.24, 2.45) is 5.41 Å². The Balaban J connectivity index is 1.87. The summed E-state index contributed by atoms with van der Waals surface area (Å²) in [5, 5.41) is 8.45. The van der Waals surface area contributed by atoms with Crippen molar-refractivity contribution >= 4 is 39.9 Å². The van der Waals surface area contributed by atoms with E-state index in [1.54, 1.807) is 6.07 Å². The molecule has 0 radical (unpaired) electrons. The molecule has 0 bridgehead atoms. The topological polar surface area (TPSA) is 71.1 Å². The molecular weight excluding hydrogens is 346 g/mol. The number of aromatic nitrogens is 1. The highest BCUT2D eigenvalue weighted by Crippen LogP contribution is 2.30. The molecule has 0 unspecified atom stereocenters. The molecule has 0 saturated carbocycles. The lowest BCUT2D eigenvalue weighted by atomic mass is 9.96. The fourth-order valence-electron chi connectivity index (χ4n) is 1.86. The second-order valence-corrected chi connectivity index (χ2v) is 7.59. The van der Waals surface area contributed by atoms with Gasteiger partial charge < -0.3 is 10.6 Å². The van der Waals surface area contributed by atoms with E-state index in [0.717, 1.165) is 11.3 Å². The lowest BCUT2D eigenvalue weighted by Gasteiger charge is -2.17. The van der Waals surface area contributed by atoms with E-state index in [1.807, 2.05) is 44.4 Å². The van der Waals surface area contributed by atoms with Crippen molar-refractivity contribution in [1.29, 1.82) is 0 Å². The zero-order valence-corrected chi connectivity index (χ0v) is 15.4. The molecule has 0 aliphatic rings. The first-order valence-corrected chi connectivity index (χ1v) is 8.82. The third-order valence-corrected chi connectivity index (χ3v) is 4.31. The molecule has 128 valence electrons. The van der Waals surface area contributed by atoms with Crippen molar-refractivity contribution in [3.05, 3.63) is 34.7 Å². The lowest BCUT2D eigenvalue weighted by Crippen LogP contribution is -2.36. The van der Waals surface area contributed by atoms with Gasteiger partial charge in [-0.1, -0.05) is 50.6 Å². The van der Waals surface area contributed by atoms with Gasteiger partial charge >= 0.3 is 0 Å². The molecule has 2 rings (SSSR count). The summed E-state index contributed by atoms with van der Waals surface area (Å²) in [4.78, 5) is 28.0. The minimum absolute atomic E-state index is 0.0782. The summed E-state index contributed by atoms with van der Waals surface area (Å²) in [6.07, 6.45) is 0.197. The Morgan fingerprint density at radius 3 is 2.62 bits per heavy atom. The van der Waals surface area contributed by atoms with Crippen LogP contribution in [0.4, 0.5) is 5.13 Å². The Bertz CT molecular complexity index is 737. The van der Waals surface area contributed by atoms with Crippen LogP contribution in [0.2, 0.25) is 5.02 Å². The molecule has 2 aromatic rings. The molecule has 0 atom stereocenters. The van der Waals surface area contributed by atoms with Crippen LogP contribution in [0.5, 0.6) is 0 Å². The van der Waals surface area contributed by atoms with Crippen LogP contribution in [0, 0.1) is 5.41 Å². The minimum Gasteiger partial charge on any atom is -0.355 e. The third kappa shape index (κ3) is 5.04. The highest BCUT2D eigenvalue weighted by atomic mass is 35.5. The fourth-order valence-corrected chi connectivity index (χ4v) is 2.82. The average Bonchev–Trinajstić information content (AvgIpc) is 2.94. The number of rotatable bonds is 5. The zero-order chi connectivity index (χ0) is 17.7. The van der Waals surface area contributed by atoms with Gasteiger partial charge in [-0.05, 0) is 6.07 Å². The largest absolute Gasteiger partial charge is 0.355 e. The van der Waals surface area contributed by atoms with Crippen LogP contribution in [0.1, 0.15) is 27.2 Å². The van der Waals surface area contributed by atoms with Gasteiger partial charge in [0.2, 0.25) is 11.8 Å². The second-order valence-electron chi connectivity index (χ2n) is 6.32. The summed E-state index contributed by atoms with van der Waals surface area (Å²) in [7, 11) is 0. The smallest absolute Gasteiger partial charge is 0.227 e. The van der Waals surface area contributed by atoms with Crippen molar-refractivity contribution in [2.45, 2.75) is 27.2 Å². The molecule has 0 fully saturated rings. The number of carbonyl (C=O) groups is 2. The van der Waals surface area contributed by atoms with Gasteiger partial charge in [0.05, 0.1) is 5.69 Å². The maximum atomic E-state index is 11.9. The van der Waals surface area contributed by atoms with Crippen molar-refractivity contribution in [3.63, 3.8) is 0 Å². The van der Waals surface area contributed by atoms with Crippen LogP contribution in [0.25, 0.3) is 11.3 Å². The van der Waals surface area contributed by atoms with Crippen LogP contribution in [-0.4, -0.2) is 23.3 Å². The second kappa shape index (κ2) is 7.77. The molecule has 5 nitrogen and oxygen atoms in total. The number of benzene rings is 1. The summed E-state index contributed by atoms with van der Waals surface area (Å²) in [5.74, 6) is -0.269. The van der Waals surface area contributed by atoms with E-state index in [0.29, 0.717) is 16.7 Å². The summed E-state index contributed by atoms with van der Waals surface area (Å²) in [6, 6.07) is 7.42. The van der Waals surface area contributed by atoms with Gasteiger partial charge in [0.15, 0.2) is 5.13 Å². The predicted molar refractivity (Wildman–Crippen MR) is 98.3 cm³/mol. The Morgan fingerprint density at radius 1 is 1.25 bits per heavy atom. The number of nitrogens with zero attached hydrogens (tertiary/aromatic N) is 1. The van der Waals surface area contributed by atoms with E-state index in [-0.39, 0.29) is 18.2 Å². The minimum atomic E-state index is -0.463. The van der Waals surface area contributed by atoms with Crippen LogP contribution >= 0.6 is 22.9 Å². The Hall–Kier alpha value is -1.92. The van der Waals surface area contributed by atoms with Crippen molar-refractivity contribution in [1.82, 2.24) is 10.3 Å². The average molecular weight is 366 g/mol. The number of amides is 2. The molecule has 1 heterocycles. The first-order chi connectivity index (χ1) is 11.3.